The molecular formula is C16H16N4O. The number of fused-ring (bicyclic) bond motifs is 1. The molecule has 2 aromatic heterocycles. The second-order valence-corrected chi connectivity index (χ2v) is 4.55. The maximum absolute atomic E-state index is 5.38. The van der Waals surface area contributed by atoms with Gasteiger partial charge in [-0.1, -0.05) is 12.1 Å². The minimum atomic E-state index is 0.635. The zero-order valence-corrected chi connectivity index (χ0v) is 11.8. The molecule has 0 radical (unpaired) electrons. The van der Waals surface area contributed by atoms with Crippen molar-refractivity contribution in [2.24, 2.45) is 0 Å². The number of nitrogens with zero attached hydrogens (tertiary/aromatic N) is 3. The molecule has 0 saturated heterocycles. The highest BCUT2D eigenvalue weighted by Gasteiger charge is 2.01. The smallest absolute Gasteiger partial charge is 0.180 e. The molecule has 0 amide bonds. The Morgan fingerprint density at radius 3 is 2.62 bits per heavy atom. The summed E-state index contributed by atoms with van der Waals surface area (Å²) in [6.07, 6.45) is 3.30. The van der Waals surface area contributed by atoms with E-state index >= 15 is 0 Å². The quantitative estimate of drug-likeness (QED) is 0.777. The van der Waals surface area contributed by atoms with Crippen LogP contribution in [-0.2, 0) is 11.3 Å². The van der Waals surface area contributed by atoms with Gasteiger partial charge in [0.1, 0.15) is 11.3 Å². The molecule has 0 aliphatic carbocycles. The molecule has 0 aliphatic rings. The van der Waals surface area contributed by atoms with Gasteiger partial charge in [-0.25, -0.2) is 9.97 Å². The third-order valence-electron chi connectivity index (χ3n) is 3.03. The van der Waals surface area contributed by atoms with Gasteiger partial charge >= 0.3 is 0 Å². The highest BCUT2D eigenvalue weighted by atomic mass is 16.5. The van der Waals surface area contributed by atoms with Gasteiger partial charge in [0.15, 0.2) is 5.65 Å². The van der Waals surface area contributed by atoms with Crippen molar-refractivity contribution in [2.75, 3.05) is 11.9 Å². The largest absolute Gasteiger partial charge is 0.377 e. The van der Waals surface area contributed by atoms with Gasteiger partial charge in [-0.2, -0.15) is 0 Å². The zero-order valence-electron chi connectivity index (χ0n) is 11.8. The van der Waals surface area contributed by atoms with Crippen molar-refractivity contribution in [3.05, 3.63) is 54.4 Å². The van der Waals surface area contributed by atoms with Crippen LogP contribution in [0, 0.1) is 0 Å². The lowest BCUT2D eigenvalue weighted by atomic mass is 10.2. The van der Waals surface area contributed by atoms with Crippen LogP contribution in [-0.4, -0.2) is 21.6 Å². The van der Waals surface area contributed by atoms with Gasteiger partial charge in [-0.15, -0.1) is 0 Å². The van der Waals surface area contributed by atoms with E-state index in [1.54, 1.807) is 12.4 Å². The molecule has 0 saturated carbocycles. The summed E-state index contributed by atoms with van der Waals surface area (Å²) in [5.41, 5.74) is 3.55. The maximum atomic E-state index is 5.38. The fourth-order valence-electron chi connectivity index (χ4n) is 1.98. The monoisotopic (exact) mass is 280 g/mol. The second kappa shape index (κ2) is 6.28. The molecule has 0 spiro atoms. The van der Waals surface area contributed by atoms with Gasteiger partial charge in [0.25, 0.3) is 0 Å². The molecule has 0 fully saturated rings. The predicted molar refractivity (Wildman–Crippen MR) is 82.4 cm³/mol. The lowest BCUT2D eigenvalue weighted by Crippen LogP contribution is -1.96. The summed E-state index contributed by atoms with van der Waals surface area (Å²) in [6.45, 7) is 3.35. The zero-order chi connectivity index (χ0) is 14.5. The third-order valence-corrected chi connectivity index (χ3v) is 3.03. The first-order chi connectivity index (χ1) is 10.3. The average molecular weight is 280 g/mol. The number of hydrogen-bond donors (Lipinski definition) is 1. The van der Waals surface area contributed by atoms with Crippen molar-refractivity contribution in [2.45, 2.75) is 13.5 Å². The summed E-state index contributed by atoms with van der Waals surface area (Å²) in [4.78, 5) is 12.8. The summed E-state index contributed by atoms with van der Waals surface area (Å²) < 4.78 is 5.38. The van der Waals surface area contributed by atoms with E-state index in [1.165, 1.54) is 0 Å². The normalized spacial score (nSPS) is 10.7. The molecule has 2 heterocycles. The standard InChI is InChI=1S/C16H16N4O/c1-2-21-11-12-3-5-13(6-4-12)19-15-8-7-14-16(20-15)18-10-9-17-14/h3-10H,2,11H2,1H3,(H,18,19,20). The second-order valence-electron chi connectivity index (χ2n) is 4.55. The minimum absolute atomic E-state index is 0.635. The van der Waals surface area contributed by atoms with Gasteiger partial charge in [0.2, 0.25) is 0 Å². The molecule has 5 heteroatoms. The first kappa shape index (κ1) is 13.5. The Morgan fingerprint density at radius 2 is 1.81 bits per heavy atom. The van der Waals surface area contributed by atoms with Gasteiger partial charge < -0.3 is 10.1 Å². The number of hydrogen-bond acceptors (Lipinski definition) is 5. The molecule has 0 aliphatic heterocycles. The van der Waals surface area contributed by atoms with Crippen LogP contribution in [0.4, 0.5) is 11.5 Å². The molecule has 106 valence electrons. The number of ether oxygens (including phenoxy) is 1. The number of pyridine rings is 1. The molecule has 0 unspecified atom stereocenters. The van der Waals surface area contributed by atoms with E-state index in [0.29, 0.717) is 12.3 Å². The van der Waals surface area contributed by atoms with E-state index in [4.69, 9.17) is 4.74 Å². The maximum Gasteiger partial charge on any atom is 0.180 e. The van der Waals surface area contributed by atoms with E-state index in [9.17, 15) is 0 Å². The van der Waals surface area contributed by atoms with Crippen molar-refractivity contribution in [1.82, 2.24) is 15.0 Å². The van der Waals surface area contributed by atoms with Crippen LogP contribution in [0.1, 0.15) is 12.5 Å². The van der Waals surface area contributed by atoms with E-state index in [2.05, 4.69) is 20.3 Å². The number of aromatic nitrogens is 3. The first-order valence-corrected chi connectivity index (χ1v) is 6.86. The van der Waals surface area contributed by atoms with E-state index < -0.39 is 0 Å². The Morgan fingerprint density at radius 1 is 1.00 bits per heavy atom. The Bertz CT molecular complexity index is 728. The topological polar surface area (TPSA) is 59.9 Å². The fourth-order valence-corrected chi connectivity index (χ4v) is 1.98. The number of rotatable bonds is 5. The Kier molecular flexibility index (Phi) is 4.02. The fraction of sp³-hybridized carbons (Fsp3) is 0.188. The predicted octanol–water partition coefficient (Wildman–Crippen LogP) is 3.30. The Hall–Kier alpha value is -2.53. The van der Waals surface area contributed by atoms with Crippen LogP contribution in [0.3, 0.4) is 0 Å². The first-order valence-electron chi connectivity index (χ1n) is 6.86. The van der Waals surface area contributed by atoms with Crippen LogP contribution in [0.2, 0.25) is 0 Å². The summed E-state index contributed by atoms with van der Waals surface area (Å²) in [5, 5.41) is 3.26. The lowest BCUT2D eigenvalue weighted by Gasteiger charge is -2.07. The average Bonchev–Trinajstić information content (AvgIpc) is 2.54. The lowest BCUT2D eigenvalue weighted by molar-refractivity contribution is 0.134. The number of anilines is 2. The minimum Gasteiger partial charge on any atom is -0.377 e. The van der Waals surface area contributed by atoms with Crippen LogP contribution >= 0.6 is 0 Å². The molecule has 0 atom stereocenters. The molecule has 1 N–H and O–H groups in total. The number of benzene rings is 1. The molecule has 5 nitrogen and oxygen atoms in total. The van der Waals surface area contributed by atoms with E-state index in [1.807, 2.05) is 43.3 Å². The van der Waals surface area contributed by atoms with Gasteiger partial charge in [0.05, 0.1) is 6.61 Å². The number of nitrogens with one attached hydrogen (secondary N) is 1. The van der Waals surface area contributed by atoms with Gasteiger partial charge in [0, 0.05) is 24.7 Å². The molecule has 21 heavy (non-hydrogen) atoms. The SMILES string of the molecule is CCOCc1ccc(Nc2ccc3nccnc3n2)cc1. The third kappa shape index (κ3) is 3.32. The Balaban J connectivity index is 1.75. The summed E-state index contributed by atoms with van der Waals surface area (Å²) in [7, 11) is 0. The molecule has 3 rings (SSSR count). The van der Waals surface area contributed by atoms with Crippen molar-refractivity contribution in [1.29, 1.82) is 0 Å². The van der Waals surface area contributed by atoms with Gasteiger partial charge in [-0.3, -0.25) is 4.98 Å². The van der Waals surface area contributed by atoms with Crippen LogP contribution < -0.4 is 5.32 Å². The van der Waals surface area contributed by atoms with Crippen molar-refractivity contribution < 1.29 is 4.74 Å². The Labute approximate surface area is 123 Å². The van der Waals surface area contributed by atoms with Crippen molar-refractivity contribution in [3.63, 3.8) is 0 Å². The van der Waals surface area contributed by atoms with Crippen LogP contribution in [0.25, 0.3) is 11.2 Å². The summed E-state index contributed by atoms with van der Waals surface area (Å²) in [5.74, 6) is 0.751. The molecular weight excluding hydrogens is 264 g/mol. The molecule has 1 aromatic carbocycles. The van der Waals surface area contributed by atoms with Crippen LogP contribution in [0.15, 0.2) is 48.8 Å². The molecule has 0 bridgehead atoms. The van der Waals surface area contributed by atoms with Crippen LogP contribution in [0.5, 0.6) is 0 Å². The highest BCUT2D eigenvalue weighted by molar-refractivity contribution is 5.72. The van der Waals surface area contributed by atoms with Gasteiger partial charge in [-0.05, 0) is 36.8 Å². The van der Waals surface area contributed by atoms with E-state index in [-0.39, 0.29) is 0 Å². The van der Waals surface area contributed by atoms with E-state index in [0.717, 1.165) is 29.2 Å². The summed E-state index contributed by atoms with van der Waals surface area (Å²) >= 11 is 0. The van der Waals surface area contributed by atoms with Crippen molar-refractivity contribution >= 4 is 22.7 Å². The highest BCUT2D eigenvalue weighted by Crippen LogP contribution is 2.17. The molecule has 3 aromatic rings. The van der Waals surface area contributed by atoms with Crippen molar-refractivity contribution in [3.8, 4) is 0 Å². The summed E-state index contributed by atoms with van der Waals surface area (Å²) in [6, 6.07) is 11.9.